The van der Waals surface area contributed by atoms with E-state index in [2.05, 4.69) is 39.2 Å². The summed E-state index contributed by atoms with van der Waals surface area (Å²) >= 11 is 1.84. The minimum Gasteiger partial charge on any atom is -0.377 e. The van der Waals surface area contributed by atoms with Crippen molar-refractivity contribution < 1.29 is 4.74 Å². The van der Waals surface area contributed by atoms with Crippen molar-refractivity contribution in [2.45, 2.75) is 51.4 Å². The van der Waals surface area contributed by atoms with Crippen molar-refractivity contribution in [2.75, 3.05) is 7.11 Å². The molecule has 0 saturated heterocycles. The average Bonchev–Trinajstić information content (AvgIpc) is 2.01. The van der Waals surface area contributed by atoms with E-state index in [0.29, 0.717) is 10.9 Å². The van der Waals surface area contributed by atoms with Crippen molar-refractivity contribution in [3.8, 4) is 0 Å². The van der Waals surface area contributed by atoms with Gasteiger partial charge in [0.15, 0.2) is 0 Å². The molecule has 0 rings (SSSR count). The maximum atomic E-state index is 5.31. The van der Waals surface area contributed by atoms with Crippen LogP contribution in [0, 0.1) is 0 Å². The van der Waals surface area contributed by atoms with Gasteiger partial charge in [-0.1, -0.05) is 34.1 Å². The van der Waals surface area contributed by atoms with Gasteiger partial charge in [0.05, 0.1) is 6.10 Å². The fourth-order valence-corrected chi connectivity index (χ4v) is 1.57. The number of thioether (sulfide) groups is 1. The molecular weight excluding hydrogens is 180 g/mol. The first kappa shape index (κ1) is 13.1. The largest absolute Gasteiger partial charge is 0.377 e. The smallest absolute Gasteiger partial charge is 0.0759 e. The van der Waals surface area contributed by atoms with Crippen LogP contribution in [0.25, 0.3) is 0 Å². The number of ether oxygens (including phenoxy) is 1. The molecule has 0 aromatic heterocycles. The normalized spacial score (nSPS) is 15.2. The lowest BCUT2D eigenvalue weighted by Crippen LogP contribution is -2.07. The highest BCUT2D eigenvalue weighted by atomic mass is 32.2. The zero-order chi connectivity index (χ0) is 10.3. The van der Waals surface area contributed by atoms with E-state index >= 15 is 0 Å². The first-order valence-electron chi connectivity index (χ1n) is 4.87. The topological polar surface area (TPSA) is 9.23 Å². The van der Waals surface area contributed by atoms with E-state index in [1.165, 1.54) is 6.42 Å². The van der Waals surface area contributed by atoms with Crippen LogP contribution >= 0.6 is 11.8 Å². The summed E-state index contributed by atoms with van der Waals surface area (Å²) in [5.41, 5.74) is 0. The molecule has 1 nitrogen and oxygen atoms in total. The highest BCUT2D eigenvalue weighted by Crippen LogP contribution is 2.24. The lowest BCUT2D eigenvalue weighted by Gasteiger charge is -2.15. The van der Waals surface area contributed by atoms with E-state index < -0.39 is 0 Å². The Kier molecular flexibility index (Phi) is 6.52. The summed E-state index contributed by atoms with van der Waals surface area (Å²) < 4.78 is 5.61. The predicted octanol–water partition coefficient (Wildman–Crippen LogP) is 3.85. The zero-order valence-corrected chi connectivity index (χ0v) is 10.3. The standard InChI is InChI=1S/C11H22OS/c1-6-7-10(12-5)8-9-13-11(2,3)4/h8-10H,6-7H2,1-5H3. The Morgan fingerprint density at radius 3 is 2.38 bits per heavy atom. The number of hydrogen-bond acceptors (Lipinski definition) is 2. The van der Waals surface area contributed by atoms with Crippen molar-refractivity contribution in [3.05, 3.63) is 11.5 Å². The van der Waals surface area contributed by atoms with E-state index in [1.54, 1.807) is 7.11 Å². The summed E-state index contributed by atoms with van der Waals surface area (Å²) in [6.45, 7) is 8.81. The van der Waals surface area contributed by atoms with Crippen LogP contribution in [0.1, 0.15) is 40.5 Å². The van der Waals surface area contributed by atoms with Crippen LogP contribution in [0.15, 0.2) is 11.5 Å². The van der Waals surface area contributed by atoms with Gasteiger partial charge in [-0.3, -0.25) is 0 Å². The Morgan fingerprint density at radius 1 is 1.38 bits per heavy atom. The minimum absolute atomic E-state index is 0.292. The van der Waals surface area contributed by atoms with Gasteiger partial charge in [0.2, 0.25) is 0 Å². The Labute approximate surface area is 86.9 Å². The molecule has 1 unspecified atom stereocenters. The molecule has 0 spiro atoms. The maximum absolute atomic E-state index is 5.31. The monoisotopic (exact) mass is 202 g/mol. The van der Waals surface area contributed by atoms with E-state index in [9.17, 15) is 0 Å². The van der Waals surface area contributed by atoms with Gasteiger partial charge in [-0.2, -0.15) is 0 Å². The fourth-order valence-electron chi connectivity index (χ4n) is 0.908. The first-order chi connectivity index (χ1) is 5.99. The number of methoxy groups -OCH3 is 1. The summed E-state index contributed by atoms with van der Waals surface area (Å²) in [5, 5.41) is 2.16. The van der Waals surface area contributed by atoms with Crippen LogP contribution in [0.2, 0.25) is 0 Å². The van der Waals surface area contributed by atoms with Crippen LogP contribution in [0.3, 0.4) is 0 Å². The summed E-state index contributed by atoms with van der Waals surface area (Å²) in [6.07, 6.45) is 4.72. The van der Waals surface area contributed by atoms with E-state index in [-0.39, 0.29) is 0 Å². The average molecular weight is 202 g/mol. The van der Waals surface area contributed by atoms with E-state index in [0.717, 1.165) is 6.42 Å². The third-order valence-corrected chi connectivity index (χ3v) is 2.59. The molecule has 0 aromatic rings. The van der Waals surface area contributed by atoms with E-state index in [4.69, 9.17) is 4.74 Å². The summed E-state index contributed by atoms with van der Waals surface area (Å²) in [4.78, 5) is 0. The fraction of sp³-hybridized carbons (Fsp3) is 0.818. The molecule has 2 heteroatoms. The molecule has 0 saturated carbocycles. The third-order valence-electron chi connectivity index (χ3n) is 1.59. The molecule has 0 radical (unpaired) electrons. The minimum atomic E-state index is 0.292. The Bertz CT molecular complexity index is 147. The molecule has 1 atom stereocenters. The number of hydrogen-bond donors (Lipinski definition) is 0. The molecule has 0 heterocycles. The van der Waals surface area contributed by atoms with Crippen molar-refractivity contribution in [2.24, 2.45) is 0 Å². The SMILES string of the molecule is CCCC(C=CSC(C)(C)C)OC. The van der Waals surface area contributed by atoms with Crippen molar-refractivity contribution in [1.82, 2.24) is 0 Å². The summed E-state index contributed by atoms with van der Waals surface area (Å²) in [5.74, 6) is 0. The summed E-state index contributed by atoms with van der Waals surface area (Å²) in [6, 6.07) is 0. The van der Waals surface area contributed by atoms with Gasteiger partial charge in [-0.05, 0) is 17.9 Å². The van der Waals surface area contributed by atoms with Crippen LogP contribution in [-0.2, 0) is 4.74 Å². The van der Waals surface area contributed by atoms with Crippen LogP contribution in [-0.4, -0.2) is 18.0 Å². The van der Waals surface area contributed by atoms with Gasteiger partial charge in [0.1, 0.15) is 0 Å². The van der Waals surface area contributed by atoms with Gasteiger partial charge >= 0.3 is 0 Å². The second-order valence-corrected chi connectivity index (χ2v) is 5.85. The van der Waals surface area contributed by atoms with Crippen LogP contribution in [0.5, 0.6) is 0 Å². The highest BCUT2D eigenvalue weighted by molar-refractivity contribution is 8.03. The quantitative estimate of drug-likeness (QED) is 0.670. The van der Waals surface area contributed by atoms with Gasteiger partial charge in [-0.25, -0.2) is 0 Å². The molecule has 0 aliphatic rings. The van der Waals surface area contributed by atoms with Crippen LogP contribution < -0.4 is 0 Å². The second kappa shape index (κ2) is 6.50. The van der Waals surface area contributed by atoms with Crippen molar-refractivity contribution >= 4 is 11.8 Å². The van der Waals surface area contributed by atoms with Gasteiger partial charge in [0, 0.05) is 11.9 Å². The Hall–Kier alpha value is 0.0500. The summed E-state index contributed by atoms with van der Waals surface area (Å²) in [7, 11) is 1.77. The van der Waals surface area contributed by atoms with Gasteiger partial charge in [-0.15, -0.1) is 11.8 Å². The maximum Gasteiger partial charge on any atom is 0.0759 e. The van der Waals surface area contributed by atoms with Gasteiger partial charge < -0.3 is 4.74 Å². The zero-order valence-electron chi connectivity index (χ0n) is 9.46. The molecule has 0 N–H and O–H groups in total. The number of rotatable bonds is 5. The van der Waals surface area contributed by atoms with Crippen LogP contribution in [0.4, 0.5) is 0 Å². The van der Waals surface area contributed by atoms with Gasteiger partial charge in [0.25, 0.3) is 0 Å². The van der Waals surface area contributed by atoms with E-state index in [1.807, 2.05) is 11.8 Å². The van der Waals surface area contributed by atoms with Crippen molar-refractivity contribution in [3.63, 3.8) is 0 Å². The van der Waals surface area contributed by atoms with Crippen molar-refractivity contribution in [1.29, 1.82) is 0 Å². The molecule has 0 aliphatic heterocycles. The molecule has 0 amide bonds. The molecule has 0 fully saturated rings. The lowest BCUT2D eigenvalue weighted by atomic mass is 10.2. The molecule has 0 aliphatic carbocycles. The molecule has 13 heavy (non-hydrogen) atoms. The Morgan fingerprint density at radius 2 is 2.00 bits per heavy atom. The molecule has 0 aromatic carbocycles. The third kappa shape index (κ3) is 8.38. The molecule has 78 valence electrons. The predicted molar refractivity (Wildman–Crippen MR) is 62.2 cm³/mol. The molecule has 0 bridgehead atoms. The molecular formula is C11H22OS. The lowest BCUT2D eigenvalue weighted by molar-refractivity contribution is 0.133. The Balaban J connectivity index is 3.79. The first-order valence-corrected chi connectivity index (χ1v) is 5.75. The highest BCUT2D eigenvalue weighted by Gasteiger charge is 2.08. The second-order valence-electron chi connectivity index (χ2n) is 4.12.